The van der Waals surface area contributed by atoms with E-state index in [1.807, 2.05) is 32.9 Å². The Balaban J connectivity index is 2.05. The Morgan fingerprint density at radius 2 is 1.96 bits per heavy atom. The second kappa shape index (κ2) is 6.07. The van der Waals surface area contributed by atoms with Crippen LogP contribution in [0.4, 0.5) is 13.2 Å². The molecular weight excluding hydrogens is 355 g/mol. The summed E-state index contributed by atoms with van der Waals surface area (Å²) in [6.07, 6.45) is -2.00. The maximum absolute atomic E-state index is 13.2. The van der Waals surface area contributed by atoms with Crippen LogP contribution < -0.4 is 0 Å². The van der Waals surface area contributed by atoms with Crippen LogP contribution in [-0.2, 0) is 6.18 Å². The van der Waals surface area contributed by atoms with Crippen LogP contribution in [0.1, 0.15) is 43.3 Å². The van der Waals surface area contributed by atoms with Crippen molar-refractivity contribution in [1.82, 2.24) is 24.7 Å². The van der Waals surface area contributed by atoms with Crippen molar-refractivity contribution in [2.45, 2.75) is 39.3 Å². The zero-order valence-electron chi connectivity index (χ0n) is 15.1. The Labute approximate surface area is 153 Å². The Bertz CT molecular complexity index is 1140. The lowest BCUT2D eigenvalue weighted by Gasteiger charge is -2.14. The van der Waals surface area contributed by atoms with Crippen LogP contribution in [0.3, 0.4) is 0 Å². The van der Waals surface area contributed by atoms with Gasteiger partial charge in [0.2, 0.25) is 0 Å². The lowest BCUT2D eigenvalue weighted by atomic mass is 10.1. The third kappa shape index (κ3) is 2.85. The molecule has 1 N–H and O–H groups in total. The second-order valence-electron chi connectivity index (χ2n) is 6.75. The minimum Gasteiger partial charge on any atom is -0.280 e. The topological polar surface area (TPSA) is 59.4 Å². The van der Waals surface area contributed by atoms with Gasteiger partial charge in [0, 0.05) is 17.0 Å². The molecule has 4 rings (SSSR count). The first-order valence-corrected chi connectivity index (χ1v) is 8.70. The summed E-state index contributed by atoms with van der Waals surface area (Å²) in [5.74, 6) is 0.760. The van der Waals surface area contributed by atoms with Crippen LogP contribution in [0.2, 0.25) is 0 Å². The van der Waals surface area contributed by atoms with Crippen LogP contribution in [0.15, 0.2) is 30.5 Å². The second-order valence-corrected chi connectivity index (χ2v) is 6.75. The Morgan fingerprint density at radius 3 is 2.67 bits per heavy atom. The number of fused-ring (bicyclic) bond motifs is 2. The molecule has 1 atom stereocenters. The zero-order valence-corrected chi connectivity index (χ0v) is 15.1. The van der Waals surface area contributed by atoms with Gasteiger partial charge >= 0.3 is 6.18 Å². The van der Waals surface area contributed by atoms with Gasteiger partial charge in [-0.1, -0.05) is 13.8 Å². The van der Waals surface area contributed by atoms with Gasteiger partial charge in [-0.05, 0) is 43.2 Å². The highest BCUT2D eigenvalue weighted by atomic mass is 19.4. The van der Waals surface area contributed by atoms with Gasteiger partial charge in [0.1, 0.15) is 17.0 Å². The van der Waals surface area contributed by atoms with Crippen molar-refractivity contribution < 1.29 is 13.2 Å². The molecular formula is C19H18F3N5. The van der Waals surface area contributed by atoms with Crippen molar-refractivity contribution >= 4 is 22.1 Å². The van der Waals surface area contributed by atoms with Gasteiger partial charge in [-0.2, -0.15) is 18.3 Å². The standard InChI is InChI=1S/C19H18F3N5/c1-4-10(2)17-24-14-5-6-15(19(20,21)22)25-18(14)27(17)13-7-11(3)16-12(8-13)9-23-26-16/h5-10H,4H2,1-3H3,(H,23,26)/t10-/m0/s1. The van der Waals surface area contributed by atoms with Gasteiger partial charge < -0.3 is 0 Å². The normalized spacial score (nSPS) is 13.6. The number of alkyl halides is 3. The molecule has 0 aliphatic heterocycles. The fraction of sp³-hybridized carbons (Fsp3) is 0.316. The maximum atomic E-state index is 13.2. The van der Waals surface area contributed by atoms with E-state index in [1.165, 1.54) is 6.07 Å². The number of aryl methyl sites for hydroxylation is 1. The summed E-state index contributed by atoms with van der Waals surface area (Å²) in [6, 6.07) is 6.16. The average Bonchev–Trinajstić information content (AvgIpc) is 3.23. The number of benzene rings is 1. The molecule has 0 radical (unpaired) electrons. The number of H-pyrrole nitrogens is 1. The first kappa shape index (κ1) is 17.5. The number of aromatic amines is 1. The lowest BCUT2D eigenvalue weighted by Crippen LogP contribution is -2.10. The van der Waals surface area contributed by atoms with Crippen molar-refractivity contribution in [1.29, 1.82) is 0 Å². The van der Waals surface area contributed by atoms with E-state index in [4.69, 9.17) is 0 Å². The van der Waals surface area contributed by atoms with Crippen molar-refractivity contribution in [3.63, 3.8) is 0 Å². The van der Waals surface area contributed by atoms with Gasteiger partial charge in [0.15, 0.2) is 5.65 Å². The molecule has 1 aromatic carbocycles. The molecule has 0 saturated carbocycles. The fourth-order valence-electron chi connectivity index (χ4n) is 3.25. The number of rotatable bonds is 3. The highest BCUT2D eigenvalue weighted by Gasteiger charge is 2.33. The van der Waals surface area contributed by atoms with E-state index in [2.05, 4.69) is 20.2 Å². The molecule has 0 unspecified atom stereocenters. The van der Waals surface area contributed by atoms with E-state index in [-0.39, 0.29) is 11.6 Å². The monoisotopic (exact) mass is 373 g/mol. The Kier molecular flexibility index (Phi) is 3.94. The third-order valence-electron chi connectivity index (χ3n) is 4.86. The maximum Gasteiger partial charge on any atom is 0.433 e. The smallest absolute Gasteiger partial charge is 0.280 e. The van der Waals surface area contributed by atoms with Crippen molar-refractivity contribution in [2.24, 2.45) is 0 Å². The van der Waals surface area contributed by atoms with Gasteiger partial charge in [0.05, 0.1) is 11.7 Å². The number of hydrogen-bond acceptors (Lipinski definition) is 3. The summed E-state index contributed by atoms with van der Waals surface area (Å²) >= 11 is 0. The predicted octanol–water partition coefficient (Wildman–Crippen LogP) is 5.14. The van der Waals surface area contributed by atoms with Crippen LogP contribution in [-0.4, -0.2) is 24.7 Å². The average molecular weight is 373 g/mol. The number of nitrogens with zero attached hydrogens (tertiary/aromatic N) is 4. The Morgan fingerprint density at radius 1 is 1.19 bits per heavy atom. The fourth-order valence-corrected chi connectivity index (χ4v) is 3.25. The highest BCUT2D eigenvalue weighted by Crippen LogP contribution is 2.33. The number of pyridine rings is 1. The molecule has 0 spiro atoms. The van der Waals surface area contributed by atoms with Gasteiger partial charge in [-0.15, -0.1) is 0 Å². The number of imidazole rings is 1. The van der Waals surface area contributed by atoms with Crippen LogP contribution in [0.25, 0.3) is 27.8 Å². The summed E-state index contributed by atoms with van der Waals surface area (Å²) in [5, 5.41) is 7.87. The molecule has 27 heavy (non-hydrogen) atoms. The number of halogens is 3. The summed E-state index contributed by atoms with van der Waals surface area (Å²) in [4.78, 5) is 8.50. The molecule has 8 heteroatoms. The number of nitrogens with one attached hydrogen (secondary N) is 1. The molecule has 5 nitrogen and oxygen atoms in total. The highest BCUT2D eigenvalue weighted by molar-refractivity contribution is 5.85. The minimum atomic E-state index is -4.51. The minimum absolute atomic E-state index is 0.0638. The van der Waals surface area contributed by atoms with E-state index < -0.39 is 11.9 Å². The van der Waals surface area contributed by atoms with Gasteiger partial charge in [-0.3, -0.25) is 9.67 Å². The van der Waals surface area contributed by atoms with E-state index in [0.29, 0.717) is 11.3 Å². The first-order valence-electron chi connectivity index (χ1n) is 8.70. The van der Waals surface area contributed by atoms with Gasteiger partial charge in [-0.25, -0.2) is 9.97 Å². The Hall–Kier alpha value is -2.90. The SMILES string of the molecule is CC[C@H](C)c1nc2ccc(C(F)(F)F)nc2n1-c1cc(C)c2[nH]ncc2c1. The molecule has 3 aromatic heterocycles. The summed E-state index contributed by atoms with van der Waals surface area (Å²) in [7, 11) is 0. The largest absolute Gasteiger partial charge is 0.433 e. The predicted molar refractivity (Wildman–Crippen MR) is 97.0 cm³/mol. The van der Waals surface area contributed by atoms with Crippen molar-refractivity contribution in [3.8, 4) is 5.69 Å². The quantitative estimate of drug-likeness (QED) is 0.541. The zero-order chi connectivity index (χ0) is 19.3. The van der Waals surface area contributed by atoms with Crippen molar-refractivity contribution in [3.05, 3.63) is 47.5 Å². The van der Waals surface area contributed by atoms with E-state index in [1.54, 1.807) is 10.8 Å². The molecule has 0 amide bonds. The number of hydrogen-bond donors (Lipinski definition) is 1. The molecule has 0 aliphatic rings. The third-order valence-corrected chi connectivity index (χ3v) is 4.86. The molecule has 0 fully saturated rings. The molecule has 0 aliphatic carbocycles. The van der Waals surface area contributed by atoms with Gasteiger partial charge in [0.25, 0.3) is 0 Å². The van der Waals surface area contributed by atoms with E-state index in [9.17, 15) is 13.2 Å². The van der Waals surface area contributed by atoms with Crippen LogP contribution >= 0.6 is 0 Å². The van der Waals surface area contributed by atoms with E-state index >= 15 is 0 Å². The molecule has 0 bridgehead atoms. The molecule has 3 heterocycles. The summed E-state index contributed by atoms with van der Waals surface area (Å²) in [6.45, 7) is 5.96. The lowest BCUT2D eigenvalue weighted by molar-refractivity contribution is -0.141. The summed E-state index contributed by atoms with van der Waals surface area (Å²) in [5.41, 5.74) is 2.31. The molecule has 4 aromatic rings. The molecule has 140 valence electrons. The van der Waals surface area contributed by atoms with Crippen LogP contribution in [0.5, 0.6) is 0 Å². The van der Waals surface area contributed by atoms with E-state index in [0.717, 1.165) is 34.6 Å². The summed E-state index contributed by atoms with van der Waals surface area (Å²) < 4.78 is 41.4. The van der Waals surface area contributed by atoms with Crippen LogP contribution in [0, 0.1) is 6.92 Å². The first-order chi connectivity index (χ1) is 12.8. The molecule has 0 saturated heterocycles. The number of aromatic nitrogens is 5. The van der Waals surface area contributed by atoms with Crippen molar-refractivity contribution in [2.75, 3.05) is 0 Å².